The van der Waals surface area contributed by atoms with Crippen LogP contribution in [0.25, 0.3) is 27.3 Å². The van der Waals surface area contributed by atoms with Crippen LogP contribution in [0.2, 0.25) is 0 Å². The quantitative estimate of drug-likeness (QED) is 0.521. The van der Waals surface area contributed by atoms with Gasteiger partial charge in [-0.2, -0.15) is 0 Å². The Morgan fingerprint density at radius 1 is 1.00 bits per heavy atom. The number of rotatable bonds is 2. The third-order valence-corrected chi connectivity index (χ3v) is 3.87. The van der Waals surface area contributed by atoms with E-state index in [-0.39, 0.29) is 5.78 Å². The summed E-state index contributed by atoms with van der Waals surface area (Å²) in [4.78, 5) is 16.1. The van der Waals surface area contributed by atoms with Crippen molar-refractivity contribution < 1.29 is 4.79 Å². The van der Waals surface area contributed by atoms with E-state index in [0.29, 0.717) is 6.42 Å². The van der Waals surface area contributed by atoms with Crippen molar-refractivity contribution in [2.24, 2.45) is 0 Å². The summed E-state index contributed by atoms with van der Waals surface area (Å²) >= 11 is 0. The number of benzene rings is 2. The zero-order valence-electron chi connectivity index (χ0n) is 11.7. The topological polar surface area (TPSA) is 34.4 Å². The molecule has 0 spiro atoms. The van der Waals surface area contributed by atoms with Crippen molar-refractivity contribution in [3.05, 3.63) is 60.4 Å². The van der Waals surface area contributed by atoms with E-state index in [9.17, 15) is 4.79 Å². The van der Waals surface area contributed by atoms with Gasteiger partial charge in [0.1, 0.15) is 11.4 Å². The van der Waals surface area contributed by atoms with Gasteiger partial charge < -0.3 is 0 Å². The SMILES string of the molecule is CC(=O)Cc1cnc2c3ccccc3c3ccccc3n12. The fraction of sp³-hybridized carbons (Fsp3) is 0.111. The lowest BCUT2D eigenvalue weighted by molar-refractivity contribution is -0.116. The maximum Gasteiger partial charge on any atom is 0.145 e. The number of pyridine rings is 1. The standard InChI is InChI=1S/C18H14N2O/c1-12(21)10-13-11-19-18-16-8-3-2-6-14(16)15-7-4-5-9-17(15)20(13)18/h2-9,11H,10H2,1H3. The fourth-order valence-electron chi connectivity index (χ4n) is 3.04. The molecule has 0 amide bonds. The van der Waals surface area contributed by atoms with Gasteiger partial charge >= 0.3 is 0 Å². The molecule has 3 nitrogen and oxygen atoms in total. The molecule has 2 aromatic carbocycles. The minimum absolute atomic E-state index is 0.147. The molecule has 2 heterocycles. The second-order valence-corrected chi connectivity index (χ2v) is 5.35. The predicted molar refractivity (Wildman–Crippen MR) is 84.6 cm³/mol. The Morgan fingerprint density at radius 2 is 1.67 bits per heavy atom. The van der Waals surface area contributed by atoms with E-state index < -0.39 is 0 Å². The molecule has 0 aliphatic heterocycles. The van der Waals surface area contributed by atoms with Gasteiger partial charge in [0.25, 0.3) is 0 Å². The molecule has 0 N–H and O–H groups in total. The van der Waals surface area contributed by atoms with Crippen LogP contribution < -0.4 is 0 Å². The van der Waals surface area contributed by atoms with Crippen LogP contribution >= 0.6 is 0 Å². The summed E-state index contributed by atoms with van der Waals surface area (Å²) in [6, 6.07) is 16.5. The molecule has 0 atom stereocenters. The van der Waals surface area contributed by atoms with Crippen molar-refractivity contribution in [3.8, 4) is 0 Å². The zero-order chi connectivity index (χ0) is 14.4. The largest absolute Gasteiger partial charge is 0.300 e. The van der Waals surface area contributed by atoms with Gasteiger partial charge in [-0.05, 0) is 18.4 Å². The second-order valence-electron chi connectivity index (χ2n) is 5.35. The first-order valence-electron chi connectivity index (χ1n) is 7.01. The van der Waals surface area contributed by atoms with Crippen LogP contribution in [-0.4, -0.2) is 15.2 Å². The molecule has 4 aromatic rings. The lowest BCUT2D eigenvalue weighted by atomic mass is 10.1. The van der Waals surface area contributed by atoms with Gasteiger partial charge in [0.15, 0.2) is 0 Å². The van der Waals surface area contributed by atoms with Crippen LogP contribution in [0, 0.1) is 0 Å². The normalized spacial score (nSPS) is 11.5. The molecular formula is C18H14N2O. The van der Waals surface area contributed by atoms with Crippen molar-refractivity contribution in [2.75, 3.05) is 0 Å². The summed E-state index contributed by atoms with van der Waals surface area (Å²) in [5, 5.41) is 3.50. The smallest absolute Gasteiger partial charge is 0.145 e. The number of imidazole rings is 1. The van der Waals surface area contributed by atoms with Gasteiger partial charge in [0, 0.05) is 23.4 Å². The number of fused-ring (bicyclic) bond motifs is 6. The first-order chi connectivity index (χ1) is 10.3. The third-order valence-electron chi connectivity index (χ3n) is 3.87. The van der Waals surface area contributed by atoms with Gasteiger partial charge in [-0.25, -0.2) is 4.98 Å². The van der Waals surface area contributed by atoms with Crippen LogP contribution in [0.1, 0.15) is 12.6 Å². The van der Waals surface area contributed by atoms with E-state index in [1.807, 2.05) is 30.5 Å². The Morgan fingerprint density at radius 3 is 2.43 bits per heavy atom. The summed E-state index contributed by atoms with van der Waals surface area (Å²) in [6.45, 7) is 1.61. The fourth-order valence-corrected chi connectivity index (χ4v) is 3.04. The molecule has 2 aromatic heterocycles. The number of carbonyl (C=O) groups is 1. The summed E-state index contributed by atoms with van der Waals surface area (Å²) < 4.78 is 2.11. The van der Waals surface area contributed by atoms with E-state index in [2.05, 4.69) is 33.7 Å². The highest BCUT2D eigenvalue weighted by Crippen LogP contribution is 2.29. The van der Waals surface area contributed by atoms with Gasteiger partial charge in [-0.3, -0.25) is 9.20 Å². The minimum Gasteiger partial charge on any atom is -0.300 e. The molecular weight excluding hydrogens is 260 g/mol. The summed E-state index contributed by atoms with van der Waals surface area (Å²) in [6.07, 6.45) is 2.22. The Labute approximate surface area is 121 Å². The lowest BCUT2D eigenvalue weighted by Gasteiger charge is -2.09. The van der Waals surface area contributed by atoms with Gasteiger partial charge in [-0.15, -0.1) is 0 Å². The average Bonchev–Trinajstić information content (AvgIpc) is 2.91. The Balaban J connectivity index is 2.26. The van der Waals surface area contributed by atoms with Crippen LogP contribution in [0.15, 0.2) is 54.7 Å². The van der Waals surface area contributed by atoms with Gasteiger partial charge in [-0.1, -0.05) is 42.5 Å². The molecule has 0 aliphatic rings. The summed E-state index contributed by atoms with van der Waals surface area (Å²) in [7, 11) is 0. The van der Waals surface area contributed by atoms with Crippen LogP contribution in [-0.2, 0) is 11.2 Å². The summed E-state index contributed by atoms with van der Waals surface area (Å²) in [5.74, 6) is 0.147. The van der Waals surface area contributed by atoms with E-state index in [1.54, 1.807) is 6.92 Å². The first kappa shape index (κ1) is 12.1. The molecule has 102 valence electrons. The number of hydrogen-bond acceptors (Lipinski definition) is 2. The number of carbonyl (C=O) groups excluding carboxylic acids is 1. The Hall–Kier alpha value is -2.68. The average molecular weight is 274 g/mol. The van der Waals surface area contributed by atoms with Crippen molar-refractivity contribution in [1.29, 1.82) is 0 Å². The predicted octanol–water partition coefficient (Wildman–Crippen LogP) is 3.77. The molecule has 0 saturated heterocycles. The van der Waals surface area contributed by atoms with Gasteiger partial charge in [0.05, 0.1) is 11.2 Å². The molecule has 4 rings (SSSR count). The van der Waals surface area contributed by atoms with Crippen molar-refractivity contribution in [1.82, 2.24) is 9.38 Å². The number of ketones is 1. The molecule has 0 saturated carbocycles. The van der Waals surface area contributed by atoms with E-state index in [4.69, 9.17) is 0 Å². The van der Waals surface area contributed by atoms with Crippen molar-refractivity contribution >= 4 is 33.1 Å². The minimum atomic E-state index is 0.147. The number of Topliss-reactive ketones (excluding diaryl/α,β-unsaturated/α-hetero) is 1. The highest BCUT2D eigenvalue weighted by atomic mass is 16.1. The van der Waals surface area contributed by atoms with E-state index in [0.717, 1.165) is 22.2 Å². The zero-order valence-corrected chi connectivity index (χ0v) is 11.7. The Bertz CT molecular complexity index is 998. The molecule has 0 radical (unpaired) electrons. The molecule has 0 aliphatic carbocycles. The second kappa shape index (κ2) is 4.42. The number of nitrogens with zero attached hydrogens (tertiary/aromatic N) is 2. The molecule has 0 bridgehead atoms. The highest BCUT2D eigenvalue weighted by molar-refractivity contribution is 6.11. The van der Waals surface area contributed by atoms with Crippen LogP contribution in [0.3, 0.4) is 0 Å². The molecule has 0 unspecified atom stereocenters. The molecule has 0 fully saturated rings. The highest BCUT2D eigenvalue weighted by Gasteiger charge is 2.13. The number of hydrogen-bond donors (Lipinski definition) is 0. The molecule has 21 heavy (non-hydrogen) atoms. The lowest BCUT2D eigenvalue weighted by Crippen LogP contribution is -2.01. The van der Waals surface area contributed by atoms with E-state index in [1.165, 1.54) is 10.8 Å². The number of aromatic nitrogens is 2. The van der Waals surface area contributed by atoms with E-state index >= 15 is 0 Å². The van der Waals surface area contributed by atoms with Crippen LogP contribution in [0.5, 0.6) is 0 Å². The monoisotopic (exact) mass is 274 g/mol. The Kier molecular flexibility index (Phi) is 2.54. The molecule has 3 heteroatoms. The first-order valence-corrected chi connectivity index (χ1v) is 7.01. The summed E-state index contributed by atoms with van der Waals surface area (Å²) in [5.41, 5.74) is 2.96. The van der Waals surface area contributed by atoms with Crippen LogP contribution in [0.4, 0.5) is 0 Å². The third kappa shape index (κ3) is 1.74. The number of para-hydroxylation sites is 1. The van der Waals surface area contributed by atoms with Gasteiger partial charge in [0.2, 0.25) is 0 Å². The maximum atomic E-state index is 11.5. The van der Waals surface area contributed by atoms with Crippen molar-refractivity contribution in [3.63, 3.8) is 0 Å². The van der Waals surface area contributed by atoms with Crippen molar-refractivity contribution in [2.45, 2.75) is 13.3 Å². The maximum absolute atomic E-state index is 11.5.